The highest BCUT2D eigenvalue weighted by Gasteiger charge is 2.30. The van der Waals surface area contributed by atoms with Crippen LogP contribution in [-0.4, -0.2) is 11.1 Å². The van der Waals surface area contributed by atoms with E-state index in [2.05, 4.69) is 0 Å². The van der Waals surface area contributed by atoms with Crippen LogP contribution in [0.4, 0.5) is 13.2 Å². The minimum absolute atomic E-state index is 0.175. The van der Waals surface area contributed by atoms with Crippen molar-refractivity contribution >= 4 is 11.5 Å². The fourth-order valence-corrected chi connectivity index (χ4v) is 2.61. The topological polar surface area (TPSA) is 37.3 Å². The van der Waals surface area contributed by atoms with Gasteiger partial charge in [-0.25, -0.2) is 0 Å². The van der Waals surface area contributed by atoms with Gasteiger partial charge in [0.15, 0.2) is 0 Å². The van der Waals surface area contributed by atoms with Crippen molar-refractivity contribution < 1.29 is 23.1 Å². The number of aliphatic carboxylic acids is 1. The summed E-state index contributed by atoms with van der Waals surface area (Å²) >= 11 is 0. The van der Waals surface area contributed by atoms with Crippen LogP contribution in [0.2, 0.25) is 0 Å². The molecule has 0 aliphatic heterocycles. The van der Waals surface area contributed by atoms with Crippen molar-refractivity contribution in [3.05, 3.63) is 41.5 Å². The Kier molecular flexibility index (Phi) is 4.70. The number of hydrogen-bond acceptors (Lipinski definition) is 1. The lowest BCUT2D eigenvalue weighted by molar-refractivity contribution is -0.138. The summed E-state index contributed by atoms with van der Waals surface area (Å²) in [6.45, 7) is 0. The zero-order chi connectivity index (χ0) is 15.5. The van der Waals surface area contributed by atoms with Crippen LogP contribution in [-0.2, 0) is 11.0 Å². The van der Waals surface area contributed by atoms with Crippen molar-refractivity contribution in [1.29, 1.82) is 0 Å². The van der Waals surface area contributed by atoms with E-state index in [0.29, 0.717) is 12.3 Å². The maximum atomic E-state index is 12.5. The van der Waals surface area contributed by atoms with Gasteiger partial charge in [0.25, 0.3) is 0 Å². The number of alkyl halides is 3. The Hall–Kier alpha value is -1.78. The molecule has 1 atom stereocenters. The highest BCUT2D eigenvalue weighted by molar-refractivity contribution is 5.67. The van der Waals surface area contributed by atoms with E-state index in [4.69, 9.17) is 5.11 Å². The van der Waals surface area contributed by atoms with Gasteiger partial charge in [-0.1, -0.05) is 18.2 Å². The fourth-order valence-electron chi connectivity index (χ4n) is 2.61. The standard InChI is InChI=1S/C16H17F3O2/c17-16(18,19)14-8-6-13(7-9-14)12-4-1-11(2-5-12)3-10-15(20)21/h4,6-9,11H,1-3,5,10H2,(H,20,21). The van der Waals surface area contributed by atoms with Crippen molar-refractivity contribution in [2.75, 3.05) is 0 Å². The Balaban J connectivity index is 1.99. The van der Waals surface area contributed by atoms with Crippen molar-refractivity contribution in [3.63, 3.8) is 0 Å². The summed E-state index contributed by atoms with van der Waals surface area (Å²) in [5.74, 6) is -0.424. The number of carbonyl (C=O) groups is 1. The molecule has 21 heavy (non-hydrogen) atoms. The molecular formula is C16H17F3O2. The van der Waals surface area contributed by atoms with Gasteiger partial charge in [0, 0.05) is 6.42 Å². The van der Waals surface area contributed by atoms with Gasteiger partial charge in [-0.3, -0.25) is 4.79 Å². The largest absolute Gasteiger partial charge is 0.481 e. The van der Waals surface area contributed by atoms with Crippen LogP contribution < -0.4 is 0 Å². The smallest absolute Gasteiger partial charge is 0.416 e. The predicted octanol–water partition coefficient (Wildman–Crippen LogP) is 4.75. The van der Waals surface area contributed by atoms with Crippen molar-refractivity contribution in [1.82, 2.24) is 0 Å². The molecule has 1 unspecified atom stereocenters. The fraction of sp³-hybridized carbons (Fsp3) is 0.438. The number of rotatable bonds is 4. The van der Waals surface area contributed by atoms with Crippen molar-refractivity contribution in [2.24, 2.45) is 5.92 Å². The van der Waals surface area contributed by atoms with Gasteiger partial charge in [-0.05, 0) is 54.9 Å². The highest BCUT2D eigenvalue weighted by Crippen LogP contribution is 2.34. The molecule has 0 saturated heterocycles. The molecule has 2 rings (SSSR count). The molecule has 0 aromatic heterocycles. The third-order valence-electron chi connectivity index (χ3n) is 3.87. The average Bonchev–Trinajstić information content (AvgIpc) is 2.45. The first-order valence-electron chi connectivity index (χ1n) is 6.94. The summed E-state index contributed by atoms with van der Waals surface area (Å²) in [7, 11) is 0. The van der Waals surface area contributed by atoms with E-state index in [1.54, 1.807) is 0 Å². The summed E-state index contributed by atoms with van der Waals surface area (Å²) in [6.07, 6.45) is 1.03. The van der Waals surface area contributed by atoms with Gasteiger partial charge in [-0.2, -0.15) is 13.2 Å². The monoisotopic (exact) mass is 298 g/mol. The number of allylic oxidation sites excluding steroid dienone is 2. The second-order valence-corrected chi connectivity index (χ2v) is 5.38. The van der Waals surface area contributed by atoms with Gasteiger partial charge in [0.1, 0.15) is 0 Å². The number of carboxylic acids is 1. The van der Waals surface area contributed by atoms with E-state index in [-0.39, 0.29) is 6.42 Å². The molecule has 5 heteroatoms. The predicted molar refractivity (Wildman–Crippen MR) is 73.6 cm³/mol. The van der Waals surface area contributed by atoms with E-state index >= 15 is 0 Å². The van der Waals surface area contributed by atoms with Crippen LogP contribution in [0, 0.1) is 5.92 Å². The molecule has 0 spiro atoms. The molecule has 0 fully saturated rings. The summed E-state index contributed by atoms with van der Waals surface area (Å²) in [5.41, 5.74) is 1.23. The van der Waals surface area contributed by atoms with Crippen LogP contribution in [0.25, 0.3) is 5.57 Å². The Bertz CT molecular complexity index is 529. The van der Waals surface area contributed by atoms with Crippen LogP contribution in [0.5, 0.6) is 0 Å². The molecule has 1 aromatic carbocycles. The van der Waals surface area contributed by atoms with E-state index in [1.165, 1.54) is 12.1 Å². The molecule has 1 aliphatic rings. The zero-order valence-electron chi connectivity index (χ0n) is 11.5. The van der Waals surface area contributed by atoms with Gasteiger partial charge in [0.2, 0.25) is 0 Å². The zero-order valence-corrected chi connectivity index (χ0v) is 11.5. The molecule has 1 aliphatic carbocycles. The van der Waals surface area contributed by atoms with E-state index in [0.717, 1.165) is 42.5 Å². The molecule has 0 bridgehead atoms. The molecular weight excluding hydrogens is 281 g/mol. The molecule has 1 N–H and O–H groups in total. The second kappa shape index (κ2) is 6.33. The van der Waals surface area contributed by atoms with Crippen LogP contribution >= 0.6 is 0 Å². The van der Waals surface area contributed by atoms with Gasteiger partial charge < -0.3 is 5.11 Å². The number of hydrogen-bond donors (Lipinski definition) is 1. The highest BCUT2D eigenvalue weighted by atomic mass is 19.4. The summed E-state index contributed by atoms with van der Waals surface area (Å²) in [4.78, 5) is 10.5. The molecule has 0 heterocycles. The SMILES string of the molecule is O=C(O)CCC1CC=C(c2ccc(C(F)(F)F)cc2)CC1. The molecule has 1 aromatic rings. The number of halogens is 3. The molecule has 0 amide bonds. The summed E-state index contributed by atoms with van der Waals surface area (Å²) in [5, 5.41) is 8.66. The van der Waals surface area contributed by atoms with Crippen LogP contribution in [0.15, 0.2) is 30.3 Å². The first-order valence-corrected chi connectivity index (χ1v) is 6.94. The quantitative estimate of drug-likeness (QED) is 0.870. The Morgan fingerprint density at radius 2 is 1.90 bits per heavy atom. The Labute approximate surface area is 121 Å². The summed E-state index contributed by atoms with van der Waals surface area (Å²) < 4.78 is 37.5. The lowest BCUT2D eigenvalue weighted by atomic mass is 9.84. The molecule has 114 valence electrons. The van der Waals surface area contributed by atoms with Gasteiger partial charge in [0.05, 0.1) is 5.56 Å². The first-order chi connectivity index (χ1) is 9.86. The first kappa shape index (κ1) is 15.6. The minimum atomic E-state index is -4.30. The third kappa shape index (κ3) is 4.34. The van der Waals surface area contributed by atoms with Crippen LogP contribution in [0.3, 0.4) is 0 Å². The van der Waals surface area contributed by atoms with E-state index in [9.17, 15) is 18.0 Å². The van der Waals surface area contributed by atoms with E-state index in [1.807, 2.05) is 6.08 Å². The number of benzene rings is 1. The van der Waals surface area contributed by atoms with Crippen molar-refractivity contribution in [3.8, 4) is 0 Å². The lowest BCUT2D eigenvalue weighted by Crippen LogP contribution is -2.08. The second-order valence-electron chi connectivity index (χ2n) is 5.38. The average molecular weight is 298 g/mol. The normalized spacial score (nSPS) is 19.2. The maximum Gasteiger partial charge on any atom is 0.416 e. The Morgan fingerprint density at radius 3 is 2.38 bits per heavy atom. The van der Waals surface area contributed by atoms with Gasteiger partial charge in [-0.15, -0.1) is 0 Å². The van der Waals surface area contributed by atoms with Crippen molar-refractivity contribution in [2.45, 2.75) is 38.3 Å². The van der Waals surface area contributed by atoms with Gasteiger partial charge >= 0.3 is 12.1 Å². The van der Waals surface area contributed by atoms with Crippen LogP contribution in [0.1, 0.15) is 43.2 Å². The number of carboxylic acid groups (broad SMARTS) is 1. The van der Waals surface area contributed by atoms with E-state index < -0.39 is 17.7 Å². The third-order valence-corrected chi connectivity index (χ3v) is 3.87. The molecule has 0 saturated carbocycles. The lowest BCUT2D eigenvalue weighted by Gasteiger charge is -2.21. The summed E-state index contributed by atoms with van der Waals surface area (Å²) in [6, 6.07) is 5.22. The minimum Gasteiger partial charge on any atom is -0.481 e. The molecule has 2 nitrogen and oxygen atoms in total. The maximum absolute atomic E-state index is 12.5. The molecule has 0 radical (unpaired) electrons. The Morgan fingerprint density at radius 1 is 1.24 bits per heavy atom.